The van der Waals surface area contributed by atoms with Crippen molar-refractivity contribution in [3.05, 3.63) is 54.4 Å². The molecule has 2 rings (SSSR count). The fourth-order valence-electron chi connectivity index (χ4n) is 1.69. The summed E-state index contributed by atoms with van der Waals surface area (Å²) in [6, 6.07) is 9.73. The number of hydrogen-bond donors (Lipinski definition) is 2. The summed E-state index contributed by atoms with van der Waals surface area (Å²) in [6.45, 7) is -0.0708. The standard InChI is InChI=1S/C14H13NO4/c16-13-6-2-1-5-11(13)12(14(17)18)9-19-10-4-3-7-15-8-10/h1-8,12,16H,9H2,(H,17,18). The molecule has 1 atom stereocenters. The number of carbonyl (C=O) groups is 1. The zero-order chi connectivity index (χ0) is 13.7. The Morgan fingerprint density at radius 2 is 2.05 bits per heavy atom. The Morgan fingerprint density at radius 3 is 2.68 bits per heavy atom. The fourth-order valence-corrected chi connectivity index (χ4v) is 1.69. The maximum Gasteiger partial charge on any atom is 0.314 e. The molecule has 0 aliphatic rings. The number of phenolic OH excluding ortho intramolecular Hbond substituents is 1. The molecule has 0 radical (unpaired) electrons. The van der Waals surface area contributed by atoms with Gasteiger partial charge in [-0.2, -0.15) is 0 Å². The molecule has 0 saturated heterocycles. The van der Waals surface area contributed by atoms with E-state index in [1.165, 1.54) is 12.3 Å². The molecular formula is C14H13NO4. The van der Waals surface area contributed by atoms with Gasteiger partial charge in [0, 0.05) is 11.8 Å². The van der Waals surface area contributed by atoms with Crippen molar-refractivity contribution >= 4 is 5.97 Å². The Balaban J connectivity index is 2.14. The van der Waals surface area contributed by atoms with Crippen LogP contribution in [0.2, 0.25) is 0 Å². The van der Waals surface area contributed by atoms with Crippen LogP contribution in [-0.2, 0) is 4.79 Å². The second-order valence-corrected chi connectivity index (χ2v) is 3.95. The summed E-state index contributed by atoms with van der Waals surface area (Å²) in [5, 5.41) is 18.9. The van der Waals surface area contributed by atoms with Crippen LogP contribution in [0.1, 0.15) is 11.5 Å². The van der Waals surface area contributed by atoms with Gasteiger partial charge in [0.05, 0.1) is 6.20 Å². The first-order valence-electron chi connectivity index (χ1n) is 5.72. The molecule has 0 amide bonds. The lowest BCUT2D eigenvalue weighted by Crippen LogP contribution is -2.19. The first kappa shape index (κ1) is 12.9. The van der Waals surface area contributed by atoms with Crippen LogP contribution < -0.4 is 4.74 Å². The van der Waals surface area contributed by atoms with Gasteiger partial charge in [-0.05, 0) is 18.2 Å². The Kier molecular flexibility index (Phi) is 3.97. The summed E-state index contributed by atoms with van der Waals surface area (Å²) in [5.74, 6) is -1.54. The van der Waals surface area contributed by atoms with Crippen molar-refractivity contribution in [3.8, 4) is 11.5 Å². The highest BCUT2D eigenvalue weighted by atomic mass is 16.5. The molecule has 1 heterocycles. The van der Waals surface area contributed by atoms with Gasteiger partial charge < -0.3 is 14.9 Å². The number of nitrogens with zero attached hydrogens (tertiary/aromatic N) is 1. The van der Waals surface area contributed by atoms with Crippen LogP contribution in [0.25, 0.3) is 0 Å². The van der Waals surface area contributed by atoms with E-state index >= 15 is 0 Å². The Hall–Kier alpha value is -2.56. The van der Waals surface area contributed by atoms with Gasteiger partial charge in [-0.25, -0.2) is 0 Å². The highest BCUT2D eigenvalue weighted by Crippen LogP contribution is 2.26. The molecule has 0 aliphatic carbocycles. The van der Waals surface area contributed by atoms with E-state index in [-0.39, 0.29) is 12.4 Å². The van der Waals surface area contributed by atoms with E-state index in [4.69, 9.17) is 4.74 Å². The number of para-hydroxylation sites is 1. The van der Waals surface area contributed by atoms with Crippen molar-refractivity contribution in [2.24, 2.45) is 0 Å². The number of rotatable bonds is 5. The van der Waals surface area contributed by atoms with Crippen molar-refractivity contribution < 1.29 is 19.7 Å². The van der Waals surface area contributed by atoms with Gasteiger partial charge in [-0.3, -0.25) is 9.78 Å². The third-order valence-electron chi connectivity index (χ3n) is 2.66. The molecule has 98 valence electrons. The first-order chi connectivity index (χ1) is 9.18. The summed E-state index contributed by atoms with van der Waals surface area (Å²) in [5.41, 5.74) is 0.332. The third-order valence-corrected chi connectivity index (χ3v) is 2.66. The summed E-state index contributed by atoms with van der Waals surface area (Å²) in [6.07, 6.45) is 3.11. The van der Waals surface area contributed by atoms with E-state index in [1.807, 2.05) is 0 Å². The average Bonchev–Trinajstić information content (AvgIpc) is 2.42. The van der Waals surface area contributed by atoms with Gasteiger partial charge in [0.25, 0.3) is 0 Å². The molecule has 1 aromatic carbocycles. The zero-order valence-electron chi connectivity index (χ0n) is 10.1. The van der Waals surface area contributed by atoms with Gasteiger partial charge >= 0.3 is 5.97 Å². The molecule has 5 heteroatoms. The maximum absolute atomic E-state index is 11.3. The quantitative estimate of drug-likeness (QED) is 0.858. The molecule has 2 N–H and O–H groups in total. The lowest BCUT2D eigenvalue weighted by atomic mass is 9.99. The van der Waals surface area contributed by atoms with Crippen molar-refractivity contribution in [1.82, 2.24) is 4.98 Å². The van der Waals surface area contributed by atoms with Crippen LogP contribution in [0.4, 0.5) is 0 Å². The highest BCUT2D eigenvalue weighted by molar-refractivity contribution is 5.77. The second kappa shape index (κ2) is 5.86. The summed E-state index contributed by atoms with van der Waals surface area (Å²) in [7, 11) is 0. The van der Waals surface area contributed by atoms with Crippen LogP contribution in [0.3, 0.4) is 0 Å². The van der Waals surface area contributed by atoms with Gasteiger partial charge in [-0.15, -0.1) is 0 Å². The molecular weight excluding hydrogens is 246 g/mol. The number of benzene rings is 1. The zero-order valence-corrected chi connectivity index (χ0v) is 10.1. The lowest BCUT2D eigenvalue weighted by Gasteiger charge is -2.15. The van der Waals surface area contributed by atoms with E-state index in [0.29, 0.717) is 11.3 Å². The summed E-state index contributed by atoms with van der Waals surface area (Å²) >= 11 is 0. The average molecular weight is 259 g/mol. The third kappa shape index (κ3) is 3.22. The minimum atomic E-state index is -1.05. The molecule has 0 aliphatic heterocycles. The van der Waals surface area contributed by atoms with Crippen LogP contribution >= 0.6 is 0 Å². The fraction of sp³-hybridized carbons (Fsp3) is 0.143. The normalized spacial score (nSPS) is 11.8. The van der Waals surface area contributed by atoms with Gasteiger partial charge in [-0.1, -0.05) is 18.2 Å². The molecule has 5 nitrogen and oxygen atoms in total. The van der Waals surface area contributed by atoms with Gasteiger partial charge in [0.15, 0.2) is 0 Å². The predicted octanol–water partition coefficient (Wildman–Crippen LogP) is 2.03. The Labute approximate surface area is 110 Å². The molecule has 2 aromatic rings. The number of aromatic nitrogens is 1. The van der Waals surface area contributed by atoms with Crippen molar-refractivity contribution in [1.29, 1.82) is 0 Å². The van der Waals surface area contributed by atoms with E-state index in [2.05, 4.69) is 4.98 Å². The van der Waals surface area contributed by atoms with Gasteiger partial charge in [0.2, 0.25) is 0 Å². The lowest BCUT2D eigenvalue weighted by molar-refractivity contribution is -0.139. The number of carboxylic acids is 1. The number of aromatic hydroxyl groups is 1. The van der Waals surface area contributed by atoms with Gasteiger partial charge in [0.1, 0.15) is 24.0 Å². The topological polar surface area (TPSA) is 79.7 Å². The SMILES string of the molecule is O=C(O)C(COc1cccnc1)c1ccccc1O. The molecule has 0 saturated carbocycles. The predicted molar refractivity (Wildman–Crippen MR) is 68.2 cm³/mol. The minimum absolute atomic E-state index is 0.0512. The molecule has 0 bridgehead atoms. The summed E-state index contributed by atoms with van der Waals surface area (Å²) < 4.78 is 5.38. The Bertz CT molecular complexity index is 556. The Morgan fingerprint density at radius 1 is 1.26 bits per heavy atom. The number of pyridine rings is 1. The number of ether oxygens (including phenoxy) is 1. The maximum atomic E-state index is 11.3. The number of phenols is 1. The number of hydrogen-bond acceptors (Lipinski definition) is 4. The molecule has 0 spiro atoms. The van der Waals surface area contributed by atoms with Crippen LogP contribution in [0.5, 0.6) is 11.5 Å². The van der Waals surface area contributed by atoms with Crippen LogP contribution in [0.15, 0.2) is 48.8 Å². The van der Waals surface area contributed by atoms with Crippen LogP contribution in [-0.4, -0.2) is 27.8 Å². The first-order valence-corrected chi connectivity index (χ1v) is 5.72. The molecule has 1 aromatic heterocycles. The van der Waals surface area contributed by atoms with E-state index < -0.39 is 11.9 Å². The van der Waals surface area contributed by atoms with E-state index in [1.54, 1.807) is 36.5 Å². The number of aliphatic carboxylic acids is 1. The molecule has 19 heavy (non-hydrogen) atoms. The van der Waals surface area contributed by atoms with Crippen molar-refractivity contribution in [2.45, 2.75) is 5.92 Å². The monoisotopic (exact) mass is 259 g/mol. The smallest absolute Gasteiger partial charge is 0.314 e. The second-order valence-electron chi connectivity index (χ2n) is 3.95. The molecule has 0 fully saturated rings. The van der Waals surface area contributed by atoms with Crippen LogP contribution in [0, 0.1) is 0 Å². The largest absolute Gasteiger partial charge is 0.508 e. The number of carboxylic acid groups (broad SMARTS) is 1. The highest BCUT2D eigenvalue weighted by Gasteiger charge is 2.23. The van der Waals surface area contributed by atoms with Crippen molar-refractivity contribution in [2.75, 3.05) is 6.61 Å². The van der Waals surface area contributed by atoms with E-state index in [0.717, 1.165) is 0 Å². The van der Waals surface area contributed by atoms with E-state index in [9.17, 15) is 15.0 Å². The van der Waals surface area contributed by atoms with Crippen molar-refractivity contribution in [3.63, 3.8) is 0 Å². The minimum Gasteiger partial charge on any atom is -0.508 e. The summed E-state index contributed by atoms with van der Waals surface area (Å²) in [4.78, 5) is 15.1. The molecule has 1 unspecified atom stereocenters.